The summed E-state index contributed by atoms with van der Waals surface area (Å²) in [6.07, 6.45) is 6.48. The maximum absolute atomic E-state index is 13.4. The quantitative estimate of drug-likeness (QED) is 0.0300. The number of allylic oxidation sites excluding steroid dienone is 2. The fraction of sp³-hybridized carbons (Fsp3) is 0.288. The molecule has 9 rings (SSSR count). The number of nitro benzene ring substituents is 1. The number of sulfonamides is 1. The number of carbonyl (C=O) groups is 2. The lowest BCUT2D eigenvalue weighted by atomic mass is 10.0. The molecular formula is C59H58F6N6O11S2. The van der Waals surface area contributed by atoms with Gasteiger partial charge in [-0.05, 0) is 150 Å². The third-order valence-electron chi connectivity index (χ3n) is 13.1. The number of hydrogen-bond acceptors (Lipinski definition) is 13. The zero-order valence-electron chi connectivity index (χ0n) is 45.3. The second-order valence-electron chi connectivity index (χ2n) is 19.6. The summed E-state index contributed by atoms with van der Waals surface area (Å²) in [6.45, 7) is 3.74. The van der Waals surface area contributed by atoms with Crippen molar-refractivity contribution >= 4 is 37.7 Å². The Labute approximate surface area is 480 Å². The smallest absolute Gasteiger partial charge is 0.457 e. The molecule has 0 radical (unpaired) electrons. The summed E-state index contributed by atoms with van der Waals surface area (Å²) in [6, 6.07) is 31.5. The predicted octanol–water partition coefficient (Wildman–Crippen LogP) is 13.6. The molecule has 7 aromatic rings. The number of alkyl halides is 6. The molecule has 444 valence electrons. The van der Waals surface area contributed by atoms with Crippen LogP contribution in [-0.2, 0) is 46.5 Å². The Morgan fingerprint density at radius 3 is 1.45 bits per heavy atom. The Kier molecular flexibility index (Phi) is 20.9. The lowest BCUT2D eigenvalue weighted by Crippen LogP contribution is -2.24. The third-order valence-corrected chi connectivity index (χ3v) is 15.6. The standard InChI is InChI=1S/C27H27F3N2O4S.C17H14F3N3O2S.C15H17NO5/c1-19-9-11-20(12-10-19)24-17-25(27(28,29)30)31-32(24)21-13-15-23(16-14-21)37(34,35)18-26(33)36-22-7-5-3-2-4-6-8-22;1-11-2-4-12(5-3-11)15-10-16(17(18,19)20)22-23(15)13-6-8-14(9-7-13)26(21,24)25;17-15(20-13-6-4-2-1-3-5-7-13)21-14-10-8-12(9-11-14)16(18)19/h5,7,9-17,22H,2-4,6,8,18H2,1H3;2-10H,1H3,(H2,21,24,25);4,6,8-11,13H,1-3,5,7H2/b7-5+;;6-4+. The van der Waals surface area contributed by atoms with Gasteiger partial charge in [0.1, 0.15) is 18.0 Å². The molecule has 2 unspecified atom stereocenters. The largest absolute Gasteiger partial charge is 0.514 e. The molecule has 2 N–H and O–H groups in total. The summed E-state index contributed by atoms with van der Waals surface area (Å²) in [7, 11) is -7.92. The van der Waals surface area contributed by atoms with E-state index in [1.807, 2.05) is 32.1 Å². The van der Waals surface area contributed by atoms with Crippen LogP contribution in [0.25, 0.3) is 33.9 Å². The molecule has 17 nitrogen and oxygen atoms in total. The molecule has 2 heterocycles. The van der Waals surface area contributed by atoms with E-state index in [-0.39, 0.29) is 50.1 Å². The van der Waals surface area contributed by atoms with Crippen molar-refractivity contribution in [2.75, 3.05) is 5.75 Å². The maximum Gasteiger partial charge on any atom is 0.514 e. The van der Waals surface area contributed by atoms with E-state index < -0.39 is 72.5 Å². The van der Waals surface area contributed by atoms with Crippen LogP contribution in [0.5, 0.6) is 5.75 Å². The molecule has 0 spiro atoms. The van der Waals surface area contributed by atoms with Crippen LogP contribution < -0.4 is 9.88 Å². The molecular weight excluding hydrogens is 1150 g/mol. The van der Waals surface area contributed by atoms with Crippen LogP contribution in [0.15, 0.2) is 168 Å². The number of benzene rings is 5. The normalized spacial score (nSPS) is 16.5. The first kappa shape index (κ1) is 63.2. The highest BCUT2D eigenvalue weighted by molar-refractivity contribution is 7.92. The number of sulfone groups is 1. The van der Waals surface area contributed by atoms with Crippen LogP contribution in [0.1, 0.15) is 86.7 Å². The van der Waals surface area contributed by atoms with Gasteiger partial charge in [0.2, 0.25) is 10.0 Å². The Hall–Kier alpha value is -8.42. The molecule has 2 aliphatic rings. The number of ether oxygens (including phenoxy) is 3. The Morgan fingerprint density at radius 1 is 0.607 bits per heavy atom. The second-order valence-corrected chi connectivity index (χ2v) is 23.1. The fourth-order valence-electron chi connectivity index (χ4n) is 8.64. The summed E-state index contributed by atoms with van der Waals surface area (Å²) < 4.78 is 146. The van der Waals surface area contributed by atoms with Crippen molar-refractivity contribution in [2.24, 2.45) is 5.14 Å². The van der Waals surface area contributed by atoms with Gasteiger partial charge in [-0.3, -0.25) is 14.9 Å². The number of nitrogens with zero attached hydrogens (tertiary/aromatic N) is 5. The predicted molar refractivity (Wildman–Crippen MR) is 299 cm³/mol. The molecule has 0 amide bonds. The van der Waals surface area contributed by atoms with Crippen molar-refractivity contribution in [3.8, 4) is 39.6 Å². The number of halogens is 6. The Morgan fingerprint density at radius 2 is 1.04 bits per heavy atom. The third kappa shape index (κ3) is 18.0. The average Bonchev–Trinajstić information content (AvgIpc) is 2.92. The molecule has 5 aromatic carbocycles. The van der Waals surface area contributed by atoms with Gasteiger partial charge in [-0.25, -0.2) is 36.1 Å². The first-order chi connectivity index (χ1) is 39.7. The van der Waals surface area contributed by atoms with Crippen LogP contribution in [0, 0.1) is 24.0 Å². The summed E-state index contributed by atoms with van der Waals surface area (Å²) in [5.41, 5.74) is 1.80. The number of aryl methyl sites for hydroxylation is 2. The van der Waals surface area contributed by atoms with Crippen molar-refractivity contribution < 1.29 is 71.9 Å². The van der Waals surface area contributed by atoms with Crippen LogP contribution in [0.4, 0.5) is 36.8 Å². The van der Waals surface area contributed by atoms with Crippen molar-refractivity contribution in [3.63, 3.8) is 0 Å². The summed E-state index contributed by atoms with van der Waals surface area (Å²) in [4.78, 5) is 33.8. The van der Waals surface area contributed by atoms with Gasteiger partial charge in [-0.2, -0.15) is 36.5 Å². The highest BCUT2D eigenvalue weighted by atomic mass is 32.2. The van der Waals surface area contributed by atoms with Crippen LogP contribution >= 0.6 is 0 Å². The average molecular weight is 1210 g/mol. The molecule has 0 aliphatic heterocycles. The zero-order valence-corrected chi connectivity index (χ0v) is 47.0. The van der Waals surface area contributed by atoms with E-state index in [4.69, 9.17) is 19.3 Å². The van der Waals surface area contributed by atoms with Crippen LogP contribution in [0.3, 0.4) is 0 Å². The molecule has 0 saturated heterocycles. The number of hydrogen-bond donors (Lipinski definition) is 1. The number of rotatable bonds is 12. The van der Waals surface area contributed by atoms with E-state index in [2.05, 4.69) is 10.2 Å². The highest BCUT2D eigenvalue weighted by Gasteiger charge is 2.37. The van der Waals surface area contributed by atoms with Crippen LogP contribution in [-0.4, -0.2) is 71.4 Å². The summed E-state index contributed by atoms with van der Waals surface area (Å²) >= 11 is 0. The second kappa shape index (κ2) is 27.8. The minimum absolute atomic E-state index is 0.0568. The molecule has 2 aromatic heterocycles. The topological polar surface area (TPSA) is 235 Å². The van der Waals surface area contributed by atoms with Crippen molar-refractivity contribution in [1.29, 1.82) is 0 Å². The Balaban J connectivity index is 0.000000189. The maximum atomic E-state index is 13.4. The molecule has 25 heteroatoms. The van der Waals surface area contributed by atoms with Gasteiger partial charge < -0.3 is 14.2 Å². The molecule has 0 bridgehead atoms. The molecule has 0 fully saturated rings. The van der Waals surface area contributed by atoms with E-state index in [1.54, 1.807) is 54.6 Å². The molecule has 2 aliphatic carbocycles. The van der Waals surface area contributed by atoms with E-state index in [0.29, 0.717) is 17.5 Å². The van der Waals surface area contributed by atoms with Crippen molar-refractivity contribution in [2.45, 2.75) is 112 Å². The molecule has 0 saturated carbocycles. The zero-order chi connectivity index (χ0) is 60.8. The van der Waals surface area contributed by atoms with Gasteiger partial charge in [0.15, 0.2) is 27.0 Å². The van der Waals surface area contributed by atoms with E-state index in [9.17, 15) is 62.9 Å². The molecule has 2 atom stereocenters. The number of nitrogens with two attached hydrogens (primary N) is 1. The number of aromatic nitrogens is 4. The number of carbonyl (C=O) groups excluding carboxylic acids is 2. The first-order valence-corrected chi connectivity index (χ1v) is 29.5. The van der Waals surface area contributed by atoms with Gasteiger partial charge >= 0.3 is 24.5 Å². The lowest BCUT2D eigenvalue weighted by molar-refractivity contribution is -0.384. The van der Waals surface area contributed by atoms with E-state index in [0.717, 1.165) is 90.4 Å². The summed E-state index contributed by atoms with van der Waals surface area (Å²) in [5, 5.41) is 23.0. The van der Waals surface area contributed by atoms with Gasteiger partial charge in [0.05, 0.1) is 37.5 Å². The lowest BCUT2D eigenvalue weighted by Gasteiger charge is -2.16. The van der Waals surface area contributed by atoms with Gasteiger partial charge in [0, 0.05) is 23.3 Å². The van der Waals surface area contributed by atoms with Gasteiger partial charge in [-0.15, -0.1) is 0 Å². The SMILES string of the molecule is Cc1ccc(-c2cc(C(F)(F)F)nn2-c2ccc(S(=O)(=O)CC(=O)OC3/C=C/CCCCC3)cc2)cc1.Cc1ccc(-c2cc(C(F)(F)F)nn2-c2ccc(S(N)(=O)=O)cc2)cc1.O=C(Oc1ccc([N+](=O)[O-])cc1)OC1/C=C/CCCCC1. The van der Waals surface area contributed by atoms with Crippen molar-refractivity contribution in [1.82, 2.24) is 19.6 Å². The number of nitro groups is 1. The van der Waals surface area contributed by atoms with Crippen LogP contribution in [0.2, 0.25) is 0 Å². The number of esters is 1. The van der Waals surface area contributed by atoms with Gasteiger partial charge in [0.25, 0.3) is 5.69 Å². The number of primary sulfonamides is 1. The Bertz CT molecular complexity index is 3680. The fourth-order valence-corrected chi connectivity index (χ4v) is 10.3. The van der Waals surface area contributed by atoms with E-state index >= 15 is 0 Å². The first-order valence-electron chi connectivity index (χ1n) is 26.3. The molecule has 84 heavy (non-hydrogen) atoms. The monoisotopic (exact) mass is 1200 g/mol. The minimum Gasteiger partial charge on any atom is -0.457 e. The highest BCUT2D eigenvalue weighted by Crippen LogP contribution is 2.35. The van der Waals surface area contributed by atoms with E-state index in [1.165, 1.54) is 72.8 Å². The number of non-ortho nitro benzene ring substituents is 1. The van der Waals surface area contributed by atoms with Gasteiger partial charge in [-0.1, -0.05) is 84.7 Å². The van der Waals surface area contributed by atoms with Crippen molar-refractivity contribution in [3.05, 3.63) is 190 Å². The minimum atomic E-state index is -4.65. The summed E-state index contributed by atoms with van der Waals surface area (Å²) in [5.74, 6) is -1.45.